The first-order valence-corrected chi connectivity index (χ1v) is 9.63. The Morgan fingerprint density at radius 3 is 2.65 bits per heavy atom. The largest absolute Gasteiger partial charge is 0.294 e. The van der Waals surface area contributed by atoms with Gasteiger partial charge in [-0.2, -0.15) is 0 Å². The summed E-state index contributed by atoms with van der Waals surface area (Å²) < 4.78 is 0. The smallest absolute Gasteiger partial charge is 0.279 e. The summed E-state index contributed by atoms with van der Waals surface area (Å²) in [6.07, 6.45) is 3.32. The van der Waals surface area contributed by atoms with Gasteiger partial charge >= 0.3 is 0 Å². The number of benzene rings is 1. The van der Waals surface area contributed by atoms with Gasteiger partial charge in [0.2, 0.25) is 5.91 Å². The molecule has 1 unspecified atom stereocenters. The van der Waals surface area contributed by atoms with Crippen molar-refractivity contribution >= 4 is 28.9 Å². The van der Waals surface area contributed by atoms with E-state index >= 15 is 0 Å². The Bertz CT molecular complexity index is 814. The van der Waals surface area contributed by atoms with Crippen LogP contribution in [0.5, 0.6) is 0 Å². The van der Waals surface area contributed by atoms with Crippen LogP contribution in [0.25, 0.3) is 0 Å². The molecule has 0 aliphatic heterocycles. The predicted octanol–water partition coefficient (Wildman–Crippen LogP) is 3.30. The van der Waals surface area contributed by atoms with Crippen molar-refractivity contribution in [3.05, 3.63) is 57.3 Å². The maximum atomic E-state index is 12.2. The number of hydrogen-bond donors (Lipinski definition) is 2. The summed E-state index contributed by atoms with van der Waals surface area (Å²) >= 11 is 1.50. The molecular weight excluding hydrogens is 348 g/mol. The lowest BCUT2D eigenvalue weighted by Crippen LogP contribution is -2.41. The molecule has 0 saturated carbocycles. The first-order valence-electron chi connectivity index (χ1n) is 8.82. The summed E-state index contributed by atoms with van der Waals surface area (Å²) in [5.41, 5.74) is 6.67. The number of nitrogens with one attached hydrogen (secondary N) is 2. The average molecular weight is 370 g/mol. The van der Waals surface area contributed by atoms with Crippen LogP contribution in [0.1, 0.15) is 56.7 Å². The van der Waals surface area contributed by atoms with E-state index in [1.54, 1.807) is 24.3 Å². The van der Waals surface area contributed by atoms with E-state index in [0.717, 1.165) is 19.3 Å². The quantitative estimate of drug-likeness (QED) is 0.626. The van der Waals surface area contributed by atoms with Crippen molar-refractivity contribution in [2.45, 2.75) is 39.0 Å². The van der Waals surface area contributed by atoms with Crippen LogP contribution >= 0.6 is 11.3 Å². The van der Waals surface area contributed by atoms with E-state index in [0.29, 0.717) is 16.4 Å². The molecule has 1 heterocycles. The first kappa shape index (κ1) is 18.3. The number of thiophene rings is 1. The highest BCUT2D eigenvalue weighted by molar-refractivity contribution is 7.14. The molecule has 2 aromatic rings. The summed E-state index contributed by atoms with van der Waals surface area (Å²) in [4.78, 5) is 38.0. The molecule has 136 valence electrons. The predicted molar refractivity (Wildman–Crippen MR) is 101 cm³/mol. The molecule has 3 rings (SSSR count). The Morgan fingerprint density at radius 2 is 1.88 bits per heavy atom. The minimum Gasteiger partial charge on any atom is -0.294 e. The Hall–Kier alpha value is -2.47. The zero-order chi connectivity index (χ0) is 18.5. The molecule has 1 aromatic carbocycles. The zero-order valence-electron chi connectivity index (χ0n) is 14.7. The van der Waals surface area contributed by atoms with Gasteiger partial charge in [-0.05, 0) is 36.8 Å². The number of Topliss-reactive ketones (excluding diaryl/α,β-unsaturated/α-hetero) is 1. The average Bonchev–Trinajstić information content (AvgIpc) is 3.08. The van der Waals surface area contributed by atoms with Gasteiger partial charge in [0.05, 0.1) is 4.88 Å². The number of carbonyl (C=O) groups is 3. The van der Waals surface area contributed by atoms with E-state index in [1.165, 1.54) is 21.8 Å². The highest BCUT2D eigenvalue weighted by Crippen LogP contribution is 2.32. The van der Waals surface area contributed by atoms with Gasteiger partial charge in [-0.1, -0.05) is 37.3 Å². The van der Waals surface area contributed by atoms with Crippen LogP contribution < -0.4 is 10.9 Å². The number of carbonyl (C=O) groups excluding carboxylic acids is 3. The number of ketones is 1. The molecule has 1 aliphatic carbocycles. The molecule has 0 radical (unpaired) electrons. The number of rotatable bonds is 5. The molecule has 1 aromatic heterocycles. The van der Waals surface area contributed by atoms with Gasteiger partial charge in [-0.25, -0.2) is 0 Å². The summed E-state index contributed by atoms with van der Waals surface area (Å²) in [5, 5.41) is 0. The van der Waals surface area contributed by atoms with Gasteiger partial charge in [-0.15, -0.1) is 11.3 Å². The number of hydrazine groups is 1. The van der Waals surface area contributed by atoms with Gasteiger partial charge in [0, 0.05) is 23.3 Å². The van der Waals surface area contributed by atoms with Crippen molar-refractivity contribution < 1.29 is 14.4 Å². The van der Waals surface area contributed by atoms with Crippen LogP contribution in [0.4, 0.5) is 0 Å². The monoisotopic (exact) mass is 370 g/mol. The number of amides is 2. The van der Waals surface area contributed by atoms with Crippen LogP contribution in [0.2, 0.25) is 0 Å². The second-order valence-electron chi connectivity index (χ2n) is 6.70. The van der Waals surface area contributed by atoms with E-state index in [4.69, 9.17) is 0 Å². The van der Waals surface area contributed by atoms with E-state index in [2.05, 4.69) is 17.8 Å². The topological polar surface area (TPSA) is 75.3 Å². The number of hydrogen-bond acceptors (Lipinski definition) is 4. The van der Waals surface area contributed by atoms with Crippen molar-refractivity contribution in [2.75, 3.05) is 0 Å². The summed E-state index contributed by atoms with van der Waals surface area (Å²) in [7, 11) is 0. The van der Waals surface area contributed by atoms with Crippen LogP contribution in [-0.2, 0) is 17.6 Å². The molecule has 0 bridgehead atoms. The van der Waals surface area contributed by atoms with E-state index in [1.807, 2.05) is 12.1 Å². The zero-order valence-corrected chi connectivity index (χ0v) is 15.5. The molecule has 2 N–H and O–H groups in total. The molecule has 2 amide bonds. The highest BCUT2D eigenvalue weighted by Gasteiger charge is 2.21. The van der Waals surface area contributed by atoms with E-state index in [-0.39, 0.29) is 30.4 Å². The third-order valence-corrected chi connectivity index (χ3v) is 5.78. The van der Waals surface area contributed by atoms with Crippen molar-refractivity contribution in [3.8, 4) is 0 Å². The fourth-order valence-electron chi connectivity index (χ4n) is 3.06. The van der Waals surface area contributed by atoms with Gasteiger partial charge in [0.1, 0.15) is 0 Å². The maximum absolute atomic E-state index is 12.2. The summed E-state index contributed by atoms with van der Waals surface area (Å²) in [6.45, 7) is 2.22. The summed E-state index contributed by atoms with van der Waals surface area (Å²) in [6, 6.07) is 10.8. The van der Waals surface area contributed by atoms with Crippen LogP contribution in [0, 0.1) is 5.92 Å². The molecule has 6 heteroatoms. The van der Waals surface area contributed by atoms with Gasteiger partial charge in [0.15, 0.2) is 5.78 Å². The maximum Gasteiger partial charge on any atom is 0.279 e. The molecular formula is C20H22N2O3S. The third kappa shape index (κ3) is 4.58. The standard InChI is InChI=1S/C20H22N2O3S/c1-13-7-9-17-15(11-13)12-18(26-17)20(25)22-21-19(24)10-8-16(23)14-5-3-2-4-6-14/h2-6,12-13H,7-11H2,1H3,(H,21,24)(H,22,25). The molecule has 26 heavy (non-hydrogen) atoms. The van der Waals surface area contributed by atoms with Gasteiger partial charge < -0.3 is 0 Å². The Balaban J connectivity index is 1.46. The Labute approximate surface area is 156 Å². The minimum absolute atomic E-state index is 0.0342. The number of aryl methyl sites for hydroxylation is 1. The number of fused-ring (bicyclic) bond motifs is 1. The van der Waals surface area contributed by atoms with Crippen LogP contribution in [-0.4, -0.2) is 17.6 Å². The summed E-state index contributed by atoms with van der Waals surface area (Å²) in [5.74, 6) is -0.126. The Morgan fingerprint density at radius 1 is 1.12 bits per heavy atom. The second kappa shape index (κ2) is 8.27. The van der Waals surface area contributed by atoms with E-state index < -0.39 is 0 Å². The first-order chi connectivity index (χ1) is 12.5. The van der Waals surface area contributed by atoms with Crippen molar-refractivity contribution in [1.82, 2.24) is 10.9 Å². The van der Waals surface area contributed by atoms with Crippen LogP contribution in [0.15, 0.2) is 36.4 Å². The minimum atomic E-state index is -0.377. The third-order valence-electron chi connectivity index (χ3n) is 4.54. The van der Waals surface area contributed by atoms with Crippen molar-refractivity contribution in [1.29, 1.82) is 0 Å². The van der Waals surface area contributed by atoms with Gasteiger partial charge in [0.25, 0.3) is 5.91 Å². The molecule has 0 fully saturated rings. The van der Waals surface area contributed by atoms with Crippen molar-refractivity contribution in [3.63, 3.8) is 0 Å². The fourth-order valence-corrected chi connectivity index (χ4v) is 4.17. The fraction of sp³-hybridized carbons (Fsp3) is 0.350. The SMILES string of the molecule is CC1CCc2sc(C(=O)NNC(=O)CCC(=O)c3ccccc3)cc2C1. The molecule has 1 aliphatic rings. The lowest BCUT2D eigenvalue weighted by Gasteiger charge is -2.16. The normalized spacial score (nSPS) is 15.8. The molecule has 0 spiro atoms. The van der Waals surface area contributed by atoms with Gasteiger partial charge in [-0.3, -0.25) is 25.2 Å². The second-order valence-corrected chi connectivity index (χ2v) is 7.84. The molecule has 0 saturated heterocycles. The highest BCUT2D eigenvalue weighted by atomic mass is 32.1. The Kier molecular flexibility index (Phi) is 5.83. The molecule has 5 nitrogen and oxygen atoms in total. The lowest BCUT2D eigenvalue weighted by molar-refractivity contribution is -0.121. The van der Waals surface area contributed by atoms with E-state index in [9.17, 15) is 14.4 Å². The van der Waals surface area contributed by atoms with Crippen LogP contribution in [0.3, 0.4) is 0 Å². The van der Waals surface area contributed by atoms with Crippen molar-refractivity contribution in [2.24, 2.45) is 5.92 Å². The molecule has 1 atom stereocenters. The lowest BCUT2D eigenvalue weighted by atomic mass is 9.90.